The summed E-state index contributed by atoms with van der Waals surface area (Å²) in [6.45, 7) is 21.7. The van der Waals surface area contributed by atoms with Crippen LogP contribution in [0, 0.1) is 41.4 Å². The molecule has 1 aromatic rings. The SMILES string of the molecule is CC[C@@H](C)C(C(=O)N(C)[C@H](C(=O)N(C)[C@@H](CC(C)C)C(=O)N[C@@H](CC(N)=O)C(=O)N[C@@H]1C(=O)N[C@@H](CC(N)=O)C(=O)N(C)CC(=O)N[C@@H](CC(N)=O)C(=O)N[C@@H](C)C(=O)N[C@H]([C@H](C)CC)C(=O)N[C@H]2CC(=O)N[C@@]2(O)[C@H](C)C(=O)N[C@@H](CC(=O)NC(N)=O)C(=O)N[C@H](C)C(=O)N(C)[C@H]([C@@H](C)CC)C(=O)O[C@@H]1C)C(C)C)N(C)C(=O)C(CC(N)=O)N(C)C(=O)[C@H](C(C)C)N(C)C(=O)[C@@H](Cc1ccccc1)NC(=O)COC. The van der Waals surface area contributed by atoms with Crippen LogP contribution < -0.4 is 92.5 Å². The summed E-state index contributed by atoms with van der Waals surface area (Å²) in [6.07, 6.45) is -7.99. The lowest BCUT2D eigenvalue weighted by Gasteiger charge is -2.42. The first-order valence-electron chi connectivity index (χ1n) is 47.7. The number of hydrogen-bond donors (Lipinski definition) is 18. The van der Waals surface area contributed by atoms with Crippen molar-refractivity contribution in [3.05, 3.63) is 35.9 Å². The minimum absolute atomic E-state index is 0.0103. The zero-order valence-electron chi connectivity index (χ0n) is 86.9. The average molecular weight is 2050 g/mol. The second-order valence-electron chi connectivity index (χ2n) is 38.3. The van der Waals surface area contributed by atoms with Crippen molar-refractivity contribution in [2.45, 2.75) is 290 Å². The number of carbonyl (C=O) groups excluding carboxylic acids is 25. The van der Waals surface area contributed by atoms with Crippen LogP contribution in [0.25, 0.3) is 0 Å². The largest absolute Gasteiger partial charge is 0.458 e. The molecule has 810 valence electrons. The fraction of sp³-hybridized carbons (Fsp3) is 0.667. The second-order valence-corrected chi connectivity index (χ2v) is 38.3. The summed E-state index contributed by atoms with van der Waals surface area (Å²) in [6, 6.07) is -21.3. The molecule has 1 aromatic carbocycles. The van der Waals surface area contributed by atoms with E-state index >= 15 is 38.4 Å². The fourth-order valence-corrected chi connectivity index (χ4v) is 16.8. The quantitative estimate of drug-likeness (QED) is 0.0272. The highest BCUT2D eigenvalue weighted by atomic mass is 16.5. The standard InChI is InChI=1S/C93H150N24O28/c1-25-46(10)70-82(132)106-61-40-67(123)110-93(61,143)49(13)76(126)103-56(38-66(122)107-92(98)142)79(129)100-51(15)84(134)117(23)75(48(12)27-3)91(141)145-52(16)71(83(133)105-58(37-64(96)120)85(135)111(17)41-68(124)101-54(35-62(94)118)78(128)99-50(14)77(127)108-70)109-80(130)55(36-63(95)119)104-81(131)59(33-43(4)5)112(18)88(138)73(45(8)9)115(21)90(140)74(47(11)26-2)116(22)87(137)60(39-65(97)121)113(19)89(139)72(44(6)7)114(20)86(136)57(102-69(125)42-144-24)34-53-31-29-28-30-32-53/h28-32,43-52,54-61,70-75,143H,25-27,33-42H2,1-24H3,(H2,94,118)(H2,95,119)(H2,96,120)(H2,97,121)(H,99,128)(H,100,129)(H,101,124)(H,102,125)(H,103,126)(H,104,131)(H,105,133)(H,106,132)(H,108,127)(H,109,130)(H,110,123)(H3,98,107,122,142)/t46-,47-,48+,49-,50+,51-,52-,54+,55+,56+,57-,58+,59+,60?,61+,70-,71+,72+,73+,74?,75-,93-/m1/s1. The highest BCUT2D eigenvalue weighted by Gasteiger charge is 2.55. The lowest BCUT2D eigenvalue weighted by atomic mass is 9.89. The Bertz CT molecular complexity index is 4890. The van der Waals surface area contributed by atoms with Crippen molar-refractivity contribution in [1.29, 1.82) is 0 Å². The summed E-state index contributed by atoms with van der Waals surface area (Å²) in [5, 5.41) is 39.7. The topological polar surface area (TPSA) is 763 Å². The molecule has 2 fully saturated rings. The number of aliphatic hydroxyl groups is 1. The van der Waals surface area contributed by atoms with Gasteiger partial charge in [-0.25, -0.2) is 9.59 Å². The van der Waals surface area contributed by atoms with Crippen LogP contribution in [0.5, 0.6) is 0 Å². The smallest absolute Gasteiger partial charge is 0.329 e. The minimum atomic E-state index is -2.77. The van der Waals surface area contributed by atoms with Gasteiger partial charge in [0.25, 0.3) is 0 Å². The van der Waals surface area contributed by atoms with Crippen LogP contribution in [0.15, 0.2) is 30.3 Å². The molecule has 0 aromatic heterocycles. The lowest BCUT2D eigenvalue weighted by Crippen LogP contribution is -2.65. The molecule has 2 saturated heterocycles. The molecule has 52 heteroatoms. The number of benzene rings is 1. The molecule has 145 heavy (non-hydrogen) atoms. The molecule has 2 unspecified atom stereocenters. The number of primary amides is 5. The summed E-state index contributed by atoms with van der Waals surface area (Å²) in [4.78, 5) is 362. The van der Waals surface area contributed by atoms with Gasteiger partial charge in [-0.1, -0.05) is 133 Å². The van der Waals surface area contributed by atoms with E-state index in [0.29, 0.717) is 10.5 Å². The number of methoxy groups -OCH3 is 1. The van der Waals surface area contributed by atoms with E-state index in [2.05, 4.69) is 58.5 Å². The molecule has 2 heterocycles. The number of esters is 1. The predicted molar refractivity (Wildman–Crippen MR) is 517 cm³/mol. The molecule has 23 N–H and O–H groups in total. The zero-order chi connectivity index (χ0) is 111. The number of nitrogens with one attached hydrogen (secondary N) is 12. The Morgan fingerprint density at radius 2 is 1.01 bits per heavy atom. The maximum absolute atomic E-state index is 15.6. The van der Waals surface area contributed by atoms with Gasteiger partial charge in [-0.3, -0.25) is 116 Å². The van der Waals surface area contributed by atoms with E-state index in [-0.39, 0.29) is 32.1 Å². The molecule has 2 aliphatic rings. The van der Waals surface area contributed by atoms with Gasteiger partial charge in [0.15, 0.2) is 5.72 Å². The Balaban J connectivity index is 2.33. The highest BCUT2D eigenvalue weighted by molar-refractivity contribution is 6.04. The van der Waals surface area contributed by atoms with E-state index < -0.39 is 349 Å². The maximum atomic E-state index is 15.6. The van der Waals surface area contributed by atoms with Crippen LogP contribution in [-0.2, 0) is 131 Å². The number of amides is 25. The molecule has 0 spiro atoms. The summed E-state index contributed by atoms with van der Waals surface area (Å²) in [7, 11) is 9.50. The summed E-state index contributed by atoms with van der Waals surface area (Å²) >= 11 is 0. The monoisotopic (exact) mass is 2050 g/mol. The number of ether oxygens (including phenoxy) is 2. The van der Waals surface area contributed by atoms with Gasteiger partial charge in [0.05, 0.1) is 57.0 Å². The van der Waals surface area contributed by atoms with Crippen molar-refractivity contribution < 1.29 is 134 Å². The lowest BCUT2D eigenvalue weighted by molar-refractivity contribution is -0.163. The normalized spacial score (nSPS) is 23.3. The van der Waals surface area contributed by atoms with Gasteiger partial charge in [0.2, 0.25) is 136 Å². The predicted octanol–water partition coefficient (Wildman–Crippen LogP) is -7.44. The number of cyclic esters (lactones) is 1. The molecule has 2 aliphatic heterocycles. The first-order chi connectivity index (χ1) is 67.3. The Kier molecular flexibility index (Phi) is 49.0. The molecule has 3 rings (SSSR count). The first kappa shape index (κ1) is 125. The second kappa shape index (κ2) is 56.8. The van der Waals surface area contributed by atoms with E-state index in [4.69, 9.17) is 38.1 Å². The van der Waals surface area contributed by atoms with Crippen LogP contribution in [0.4, 0.5) is 4.79 Å². The van der Waals surface area contributed by atoms with Gasteiger partial charge in [0.1, 0.15) is 103 Å². The van der Waals surface area contributed by atoms with Crippen LogP contribution in [0.3, 0.4) is 0 Å². The minimum Gasteiger partial charge on any atom is -0.458 e. The van der Waals surface area contributed by atoms with Crippen LogP contribution in [0.1, 0.15) is 181 Å². The molecular formula is C93H150N24O28. The van der Waals surface area contributed by atoms with Gasteiger partial charge in [-0.2, -0.15) is 0 Å². The van der Waals surface area contributed by atoms with E-state index in [1.807, 2.05) is 0 Å². The van der Waals surface area contributed by atoms with E-state index in [0.717, 1.165) is 71.2 Å². The van der Waals surface area contributed by atoms with Crippen LogP contribution in [0.2, 0.25) is 0 Å². The van der Waals surface area contributed by atoms with Crippen LogP contribution in [-0.4, -0.2) is 365 Å². The number of nitrogens with two attached hydrogens (primary N) is 5. The highest BCUT2D eigenvalue weighted by Crippen LogP contribution is 2.31. The molecule has 0 radical (unpaired) electrons. The van der Waals surface area contributed by atoms with Crippen molar-refractivity contribution in [3.8, 4) is 0 Å². The van der Waals surface area contributed by atoms with Crippen molar-refractivity contribution in [3.63, 3.8) is 0 Å². The first-order valence-corrected chi connectivity index (χ1v) is 47.7. The molecule has 0 aliphatic carbocycles. The number of nitrogens with zero attached hydrogens (tertiary/aromatic N) is 7. The molecule has 22 atom stereocenters. The maximum Gasteiger partial charge on any atom is 0.329 e. The van der Waals surface area contributed by atoms with E-state index in [9.17, 15) is 86.6 Å². The summed E-state index contributed by atoms with van der Waals surface area (Å²) in [5.41, 5.74) is 25.9. The third kappa shape index (κ3) is 35.7. The van der Waals surface area contributed by atoms with E-state index in [1.54, 1.807) is 105 Å². The van der Waals surface area contributed by atoms with Gasteiger partial charge in [-0.15, -0.1) is 0 Å². The fourth-order valence-electron chi connectivity index (χ4n) is 16.8. The molecule has 0 saturated carbocycles. The number of fused-ring (bicyclic) bond motifs is 1. The third-order valence-corrected chi connectivity index (χ3v) is 25.6. The average Bonchev–Trinajstić information content (AvgIpc) is 1.60. The summed E-state index contributed by atoms with van der Waals surface area (Å²) in [5.74, 6) is -34.3. The van der Waals surface area contributed by atoms with Gasteiger partial charge in [0, 0.05) is 62.9 Å². The Morgan fingerprint density at radius 1 is 0.510 bits per heavy atom. The van der Waals surface area contributed by atoms with Crippen molar-refractivity contribution in [1.82, 2.24) is 98.1 Å². The Hall–Kier alpha value is -14.1. The van der Waals surface area contributed by atoms with Crippen LogP contribution >= 0.6 is 0 Å². The van der Waals surface area contributed by atoms with E-state index in [1.165, 1.54) is 56.2 Å². The number of likely N-dealkylation sites (N-methyl/N-ethyl adjacent to an activating group) is 7. The van der Waals surface area contributed by atoms with Gasteiger partial charge < -0.3 is 136 Å². The molecule has 0 bridgehead atoms. The molecule has 25 amide bonds. The van der Waals surface area contributed by atoms with Crippen molar-refractivity contribution >= 4 is 148 Å². The Morgan fingerprint density at radius 3 is 1.52 bits per heavy atom. The Labute approximate surface area is 842 Å². The third-order valence-electron chi connectivity index (χ3n) is 25.6. The van der Waals surface area contributed by atoms with Crippen molar-refractivity contribution in [2.75, 3.05) is 69.6 Å². The summed E-state index contributed by atoms with van der Waals surface area (Å²) < 4.78 is 11.0. The van der Waals surface area contributed by atoms with Gasteiger partial charge in [-0.05, 0) is 75.2 Å². The number of hydrogen-bond acceptors (Lipinski definition) is 28. The number of urea groups is 1. The molecular weight excluding hydrogens is 1900 g/mol. The zero-order valence-corrected chi connectivity index (χ0v) is 86.9. The van der Waals surface area contributed by atoms with Gasteiger partial charge >= 0.3 is 12.0 Å². The number of imide groups is 1. The molecule has 52 nitrogen and oxygen atoms in total. The number of rotatable bonds is 39. The van der Waals surface area contributed by atoms with Crippen molar-refractivity contribution in [2.24, 2.45) is 70.1 Å². The number of carbonyl (C=O) groups is 25.